The molecule has 0 bridgehead atoms. The summed E-state index contributed by atoms with van der Waals surface area (Å²) in [6.07, 6.45) is 58.5. The van der Waals surface area contributed by atoms with Crippen molar-refractivity contribution >= 4 is 17.9 Å². The van der Waals surface area contributed by atoms with Gasteiger partial charge in [0, 0.05) is 19.3 Å². The van der Waals surface area contributed by atoms with E-state index in [9.17, 15) is 14.4 Å². The summed E-state index contributed by atoms with van der Waals surface area (Å²) in [5, 5.41) is 0. The Hall–Kier alpha value is -2.37. The molecule has 0 radical (unpaired) electrons. The van der Waals surface area contributed by atoms with Crippen molar-refractivity contribution in [3.63, 3.8) is 0 Å². The van der Waals surface area contributed by atoms with Gasteiger partial charge in [-0.05, 0) is 64.2 Å². The quantitative estimate of drug-likeness (QED) is 0.0262. The van der Waals surface area contributed by atoms with Crippen LogP contribution in [0.2, 0.25) is 0 Å². The third kappa shape index (κ3) is 48.5. The fraction of sp³-hybridized carbons (Fsp3) is 0.836. The standard InChI is InChI=1S/C55H100O6/c1-4-7-10-13-16-19-22-25-26-27-28-31-33-36-39-42-45-48-54(57)60-51-52(61-55(58)49-46-43-40-37-34-30-24-21-18-15-12-9-6-3)50-59-53(56)47-44-41-38-35-32-29-23-20-17-14-11-8-5-2/h25-26,30,34,40,43,52H,4-24,27-29,31-33,35-39,41-42,44-51H2,1-3H3/b26-25+,34-30+,43-40+. The molecule has 1 atom stereocenters. The molecule has 6 nitrogen and oxygen atoms in total. The molecule has 0 aromatic heterocycles. The van der Waals surface area contributed by atoms with E-state index in [1.54, 1.807) is 0 Å². The molecule has 0 aliphatic rings. The van der Waals surface area contributed by atoms with E-state index in [1.165, 1.54) is 180 Å². The van der Waals surface area contributed by atoms with Crippen molar-refractivity contribution in [3.05, 3.63) is 36.5 Å². The van der Waals surface area contributed by atoms with Crippen LogP contribution < -0.4 is 0 Å². The molecule has 0 aliphatic heterocycles. The highest BCUT2D eigenvalue weighted by Gasteiger charge is 2.19. The van der Waals surface area contributed by atoms with Gasteiger partial charge in [-0.2, -0.15) is 0 Å². The van der Waals surface area contributed by atoms with Crippen molar-refractivity contribution in [2.24, 2.45) is 0 Å². The van der Waals surface area contributed by atoms with Crippen LogP contribution in [-0.2, 0) is 28.6 Å². The zero-order chi connectivity index (χ0) is 44.4. The molecule has 1 unspecified atom stereocenters. The molecule has 0 aromatic carbocycles. The van der Waals surface area contributed by atoms with Gasteiger partial charge in [-0.3, -0.25) is 14.4 Å². The summed E-state index contributed by atoms with van der Waals surface area (Å²) >= 11 is 0. The molecule has 356 valence electrons. The van der Waals surface area contributed by atoms with E-state index in [4.69, 9.17) is 14.2 Å². The van der Waals surface area contributed by atoms with Gasteiger partial charge < -0.3 is 14.2 Å². The molecular formula is C55H100O6. The predicted octanol–water partition coefficient (Wildman–Crippen LogP) is 17.3. The summed E-state index contributed by atoms with van der Waals surface area (Å²) in [6.45, 7) is 6.59. The van der Waals surface area contributed by atoms with Crippen LogP contribution in [0.4, 0.5) is 0 Å². The van der Waals surface area contributed by atoms with Gasteiger partial charge in [0.15, 0.2) is 6.10 Å². The van der Waals surface area contributed by atoms with E-state index in [-0.39, 0.29) is 37.5 Å². The third-order valence-electron chi connectivity index (χ3n) is 11.6. The van der Waals surface area contributed by atoms with Crippen LogP contribution in [0, 0.1) is 0 Å². The lowest BCUT2D eigenvalue weighted by molar-refractivity contribution is -0.166. The predicted molar refractivity (Wildman–Crippen MR) is 261 cm³/mol. The molecule has 0 spiro atoms. The monoisotopic (exact) mass is 857 g/mol. The minimum Gasteiger partial charge on any atom is -0.462 e. The van der Waals surface area contributed by atoms with Crippen molar-refractivity contribution in [3.8, 4) is 0 Å². The van der Waals surface area contributed by atoms with Crippen molar-refractivity contribution in [2.75, 3.05) is 13.2 Å². The van der Waals surface area contributed by atoms with Gasteiger partial charge in [-0.25, -0.2) is 0 Å². The van der Waals surface area contributed by atoms with E-state index in [2.05, 4.69) is 51.2 Å². The van der Waals surface area contributed by atoms with Crippen LogP contribution in [-0.4, -0.2) is 37.2 Å². The maximum atomic E-state index is 12.7. The van der Waals surface area contributed by atoms with Crippen LogP contribution in [0.5, 0.6) is 0 Å². The van der Waals surface area contributed by atoms with Gasteiger partial charge in [0.1, 0.15) is 13.2 Å². The van der Waals surface area contributed by atoms with Crippen molar-refractivity contribution in [1.82, 2.24) is 0 Å². The molecule has 0 amide bonds. The number of ether oxygens (including phenoxy) is 3. The number of carbonyl (C=O) groups excluding carboxylic acids is 3. The Balaban J connectivity index is 4.39. The van der Waals surface area contributed by atoms with Gasteiger partial charge >= 0.3 is 17.9 Å². The highest BCUT2D eigenvalue weighted by molar-refractivity contribution is 5.71. The Morgan fingerprint density at radius 1 is 0.328 bits per heavy atom. The molecule has 0 saturated carbocycles. The molecule has 0 fully saturated rings. The van der Waals surface area contributed by atoms with Crippen LogP contribution >= 0.6 is 0 Å². The second-order valence-electron chi connectivity index (χ2n) is 17.8. The highest BCUT2D eigenvalue weighted by Crippen LogP contribution is 2.15. The Kier molecular flexibility index (Phi) is 48.3. The average molecular weight is 857 g/mol. The molecule has 0 rings (SSSR count). The van der Waals surface area contributed by atoms with E-state index in [0.717, 1.165) is 51.4 Å². The lowest BCUT2D eigenvalue weighted by Gasteiger charge is -2.18. The van der Waals surface area contributed by atoms with Crippen LogP contribution in [0.25, 0.3) is 0 Å². The van der Waals surface area contributed by atoms with Crippen molar-refractivity contribution in [1.29, 1.82) is 0 Å². The highest BCUT2D eigenvalue weighted by atomic mass is 16.6. The fourth-order valence-corrected chi connectivity index (χ4v) is 7.61. The van der Waals surface area contributed by atoms with Gasteiger partial charge in [0.25, 0.3) is 0 Å². The first kappa shape index (κ1) is 58.6. The van der Waals surface area contributed by atoms with Crippen LogP contribution in [0.1, 0.15) is 278 Å². The molecule has 6 heteroatoms. The molecule has 0 aromatic rings. The van der Waals surface area contributed by atoms with E-state index in [1.807, 2.05) is 6.08 Å². The molecule has 61 heavy (non-hydrogen) atoms. The third-order valence-corrected chi connectivity index (χ3v) is 11.6. The topological polar surface area (TPSA) is 78.9 Å². The van der Waals surface area contributed by atoms with Crippen LogP contribution in [0.3, 0.4) is 0 Å². The van der Waals surface area contributed by atoms with Gasteiger partial charge in [-0.1, -0.05) is 231 Å². The maximum absolute atomic E-state index is 12.7. The molecule has 0 saturated heterocycles. The van der Waals surface area contributed by atoms with Gasteiger partial charge in [-0.15, -0.1) is 0 Å². The summed E-state index contributed by atoms with van der Waals surface area (Å²) in [4.78, 5) is 37.9. The molecule has 0 heterocycles. The fourth-order valence-electron chi connectivity index (χ4n) is 7.61. The number of unbranched alkanes of at least 4 members (excludes halogenated alkanes) is 31. The van der Waals surface area contributed by atoms with E-state index in [0.29, 0.717) is 19.3 Å². The second kappa shape index (κ2) is 50.3. The largest absolute Gasteiger partial charge is 0.462 e. The minimum atomic E-state index is -0.800. The van der Waals surface area contributed by atoms with Crippen molar-refractivity contribution < 1.29 is 28.6 Å². The minimum absolute atomic E-state index is 0.0928. The lowest BCUT2D eigenvalue weighted by atomic mass is 10.0. The summed E-state index contributed by atoms with van der Waals surface area (Å²) in [6, 6.07) is 0. The summed E-state index contributed by atoms with van der Waals surface area (Å²) in [5.41, 5.74) is 0. The summed E-state index contributed by atoms with van der Waals surface area (Å²) < 4.78 is 16.7. The SMILES string of the molecule is CCCCCCCC/C=C/C/C=C/CCC(=O)OC(COC(=O)CCCCCCCCC/C=C/CCCCCCCC)COC(=O)CCCCCCCCCCCCCCC. The van der Waals surface area contributed by atoms with Crippen LogP contribution in [0.15, 0.2) is 36.5 Å². The first-order chi connectivity index (χ1) is 30.0. The first-order valence-electron chi connectivity index (χ1n) is 26.5. The Morgan fingerprint density at radius 3 is 0.984 bits per heavy atom. The molecular weight excluding hydrogens is 757 g/mol. The number of rotatable bonds is 48. The van der Waals surface area contributed by atoms with Gasteiger partial charge in [0.2, 0.25) is 0 Å². The average Bonchev–Trinajstić information content (AvgIpc) is 3.26. The molecule has 0 aliphatic carbocycles. The Morgan fingerprint density at radius 2 is 0.623 bits per heavy atom. The number of allylic oxidation sites excluding steroid dienone is 6. The first-order valence-corrected chi connectivity index (χ1v) is 26.5. The number of hydrogen-bond acceptors (Lipinski definition) is 6. The molecule has 0 N–H and O–H groups in total. The Bertz CT molecular complexity index is 1030. The van der Waals surface area contributed by atoms with E-state index >= 15 is 0 Å². The van der Waals surface area contributed by atoms with E-state index < -0.39 is 6.10 Å². The summed E-state index contributed by atoms with van der Waals surface area (Å²) in [7, 11) is 0. The second-order valence-corrected chi connectivity index (χ2v) is 17.8. The zero-order valence-electron chi connectivity index (χ0n) is 40.7. The smallest absolute Gasteiger partial charge is 0.306 e. The van der Waals surface area contributed by atoms with Crippen molar-refractivity contribution in [2.45, 2.75) is 284 Å². The number of carbonyl (C=O) groups is 3. The normalized spacial score (nSPS) is 12.2. The number of esters is 3. The Labute approximate surface area is 378 Å². The maximum Gasteiger partial charge on any atom is 0.306 e. The van der Waals surface area contributed by atoms with Gasteiger partial charge in [0.05, 0.1) is 0 Å². The lowest BCUT2D eigenvalue weighted by Crippen LogP contribution is -2.30. The zero-order valence-corrected chi connectivity index (χ0v) is 40.7. The number of hydrogen-bond donors (Lipinski definition) is 0. The summed E-state index contributed by atoms with van der Waals surface area (Å²) in [5.74, 6) is -0.955.